The molecule has 1 spiro atoms. The first kappa shape index (κ1) is 21.8. The molecule has 0 bridgehead atoms. The third kappa shape index (κ3) is 4.90. The van der Waals surface area contributed by atoms with Crippen molar-refractivity contribution in [2.45, 2.75) is 58.0 Å². The number of piperidine rings is 1. The summed E-state index contributed by atoms with van der Waals surface area (Å²) in [4.78, 5) is 19.9. The lowest BCUT2D eigenvalue weighted by Crippen LogP contribution is -2.54. The molecule has 1 amide bonds. The maximum atomic E-state index is 13.0. The van der Waals surface area contributed by atoms with Gasteiger partial charge in [0.15, 0.2) is 0 Å². The number of amides is 1. The lowest BCUT2D eigenvalue weighted by molar-refractivity contribution is -0.0718. The number of likely N-dealkylation sites (tertiary alicyclic amines) is 1. The fraction of sp³-hybridized carbons (Fsp3) is 0.720. The van der Waals surface area contributed by atoms with Crippen LogP contribution in [0, 0.1) is 19.3 Å². The Morgan fingerprint density at radius 2 is 1.43 bits per heavy atom. The molecule has 1 aromatic carbocycles. The zero-order valence-corrected chi connectivity index (χ0v) is 19.1. The van der Waals surface area contributed by atoms with Gasteiger partial charge in [-0.1, -0.05) is 17.2 Å². The number of hydrogen-bond acceptors (Lipinski definition) is 4. The number of piperazine rings is 1. The maximum Gasteiger partial charge on any atom is 0.253 e. The Labute approximate surface area is 182 Å². The number of rotatable bonds is 3. The second-order valence-corrected chi connectivity index (χ2v) is 10.5. The van der Waals surface area contributed by atoms with Crippen LogP contribution in [0.5, 0.6) is 0 Å². The van der Waals surface area contributed by atoms with E-state index in [2.05, 4.69) is 36.8 Å². The Morgan fingerprint density at radius 3 is 2.00 bits per heavy atom. The van der Waals surface area contributed by atoms with Crippen LogP contribution in [0.1, 0.15) is 60.0 Å². The van der Waals surface area contributed by atoms with Crippen molar-refractivity contribution in [2.24, 2.45) is 5.41 Å². The largest absolute Gasteiger partial charge is 0.389 e. The fourth-order valence-electron chi connectivity index (χ4n) is 5.79. The van der Waals surface area contributed by atoms with Gasteiger partial charge < -0.3 is 14.9 Å². The summed E-state index contributed by atoms with van der Waals surface area (Å²) in [5.74, 6) is 0.180. The van der Waals surface area contributed by atoms with E-state index in [9.17, 15) is 9.90 Å². The minimum atomic E-state index is -0.521. The van der Waals surface area contributed by atoms with Gasteiger partial charge in [-0.15, -0.1) is 0 Å². The second-order valence-electron chi connectivity index (χ2n) is 10.5. The van der Waals surface area contributed by atoms with Crippen LogP contribution in [0.15, 0.2) is 18.2 Å². The van der Waals surface area contributed by atoms with Crippen LogP contribution in [-0.2, 0) is 0 Å². The summed E-state index contributed by atoms with van der Waals surface area (Å²) in [7, 11) is 2.17. The van der Waals surface area contributed by atoms with Crippen LogP contribution in [-0.4, -0.2) is 84.2 Å². The van der Waals surface area contributed by atoms with Crippen molar-refractivity contribution in [3.8, 4) is 0 Å². The molecule has 5 heteroatoms. The fourth-order valence-corrected chi connectivity index (χ4v) is 5.79. The third-order valence-corrected chi connectivity index (χ3v) is 7.94. The molecular weight excluding hydrogens is 374 g/mol. The lowest BCUT2D eigenvalue weighted by atomic mass is 9.64. The number of carbonyl (C=O) groups is 1. The number of β-amino-alcohol motifs (C(OH)–C–C–N with tert-alkyl or cyclic N) is 1. The highest BCUT2D eigenvalue weighted by atomic mass is 16.3. The van der Waals surface area contributed by atoms with E-state index in [0.29, 0.717) is 5.41 Å². The number of carbonyl (C=O) groups excluding carboxylic acids is 1. The molecule has 4 rings (SSSR count). The molecule has 3 fully saturated rings. The van der Waals surface area contributed by atoms with Crippen LogP contribution in [0.4, 0.5) is 0 Å². The van der Waals surface area contributed by atoms with Gasteiger partial charge in [-0.25, -0.2) is 0 Å². The average molecular weight is 414 g/mol. The number of aryl methyl sites for hydroxylation is 2. The number of aliphatic hydroxyl groups is 1. The molecule has 0 unspecified atom stereocenters. The molecule has 0 aromatic heterocycles. The van der Waals surface area contributed by atoms with Gasteiger partial charge in [-0.05, 0) is 77.0 Å². The molecule has 1 aromatic rings. The number of nitrogens with zero attached hydrogens (tertiary/aromatic N) is 3. The molecule has 2 saturated heterocycles. The van der Waals surface area contributed by atoms with Crippen molar-refractivity contribution in [2.75, 3.05) is 52.9 Å². The zero-order chi connectivity index (χ0) is 21.4. The molecule has 1 N–H and O–H groups in total. The van der Waals surface area contributed by atoms with Crippen LogP contribution in [0.2, 0.25) is 0 Å². The topological polar surface area (TPSA) is 47.0 Å². The first-order valence-electron chi connectivity index (χ1n) is 11.8. The smallest absolute Gasteiger partial charge is 0.253 e. The van der Waals surface area contributed by atoms with Crippen LogP contribution >= 0.6 is 0 Å². The first-order chi connectivity index (χ1) is 14.3. The van der Waals surface area contributed by atoms with Crippen molar-refractivity contribution >= 4 is 5.91 Å². The Bertz CT molecular complexity index is 731. The van der Waals surface area contributed by atoms with E-state index < -0.39 is 5.60 Å². The molecule has 166 valence electrons. The molecule has 2 aliphatic heterocycles. The summed E-state index contributed by atoms with van der Waals surface area (Å²) >= 11 is 0. The lowest BCUT2D eigenvalue weighted by Gasteiger charge is -2.49. The van der Waals surface area contributed by atoms with Crippen LogP contribution in [0.25, 0.3) is 0 Å². The van der Waals surface area contributed by atoms with E-state index in [4.69, 9.17) is 0 Å². The van der Waals surface area contributed by atoms with E-state index >= 15 is 0 Å². The highest BCUT2D eigenvalue weighted by Crippen LogP contribution is 2.48. The van der Waals surface area contributed by atoms with Gasteiger partial charge >= 0.3 is 0 Å². The van der Waals surface area contributed by atoms with Crippen LogP contribution < -0.4 is 0 Å². The summed E-state index contributed by atoms with van der Waals surface area (Å²) in [6, 6.07) is 6.14. The van der Waals surface area contributed by atoms with Gasteiger partial charge in [0.25, 0.3) is 5.91 Å². The predicted molar refractivity (Wildman–Crippen MR) is 121 cm³/mol. The molecule has 1 saturated carbocycles. The van der Waals surface area contributed by atoms with E-state index in [0.717, 1.165) is 101 Å². The number of benzene rings is 1. The maximum absolute atomic E-state index is 13.0. The van der Waals surface area contributed by atoms with E-state index in [-0.39, 0.29) is 5.91 Å². The van der Waals surface area contributed by atoms with Gasteiger partial charge in [-0.3, -0.25) is 9.69 Å². The van der Waals surface area contributed by atoms with Gasteiger partial charge in [0, 0.05) is 51.4 Å². The van der Waals surface area contributed by atoms with Gasteiger partial charge in [0.2, 0.25) is 0 Å². The highest BCUT2D eigenvalue weighted by Gasteiger charge is 2.44. The monoisotopic (exact) mass is 413 g/mol. The Balaban J connectivity index is 1.29. The molecule has 3 aliphatic rings. The second kappa shape index (κ2) is 8.60. The summed E-state index contributed by atoms with van der Waals surface area (Å²) in [6.07, 6.45) is 6.17. The predicted octanol–water partition coefficient (Wildman–Crippen LogP) is 3.08. The van der Waals surface area contributed by atoms with Crippen LogP contribution in [0.3, 0.4) is 0 Å². The Hall–Kier alpha value is -1.43. The summed E-state index contributed by atoms with van der Waals surface area (Å²) in [6.45, 7) is 11.0. The van der Waals surface area contributed by atoms with Gasteiger partial charge in [0.05, 0.1) is 5.60 Å². The Morgan fingerprint density at radius 1 is 0.867 bits per heavy atom. The third-order valence-electron chi connectivity index (χ3n) is 7.94. The quantitative estimate of drug-likeness (QED) is 0.827. The van der Waals surface area contributed by atoms with Gasteiger partial charge in [-0.2, -0.15) is 0 Å². The molecule has 5 nitrogen and oxygen atoms in total. The molecule has 0 radical (unpaired) electrons. The van der Waals surface area contributed by atoms with E-state index in [1.165, 1.54) is 0 Å². The van der Waals surface area contributed by atoms with E-state index in [1.807, 2.05) is 17.0 Å². The average Bonchev–Trinajstić information content (AvgIpc) is 2.72. The SMILES string of the molecule is Cc1cc(C)cc(C(=O)N2CCC3(CC2)CCC(O)(CN2CCN(C)CC2)CC3)c1. The molecule has 0 atom stereocenters. The minimum Gasteiger partial charge on any atom is -0.389 e. The standard InChI is InChI=1S/C25H39N3O2/c1-20-16-21(2)18-22(17-20)23(29)28-10-8-24(9-11-28)4-6-25(30,7-5-24)19-27-14-12-26(3)13-15-27/h16-18,30H,4-15,19H2,1-3H3. The van der Waals surface area contributed by atoms with Crippen molar-refractivity contribution in [1.82, 2.24) is 14.7 Å². The van der Waals surface area contributed by atoms with Crippen molar-refractivity contribution < 1.29 is 9.90 Å². The van der Waals surface area contributed by atoms with Gasteiger partial charge in [0.1, 0.15) is 0 Å². The molecule has 30 heavy (non-hydrogen) atoms. The molecular formula is C25H39N3O2. The van der Waals surface area contributed by atoms with Crippen molar-refractivity contribution in [1.29, 1.82) is 0 Å². The first-order valence-corrected chi connectivity index (χ1v) is 11.8. The molecule has 2 heterocycles. The zero-order valence-electron chi connectivity index (χ0n) is 19.1. The van der Waals surface area contributed by atoms with Crippen molar-refractivity contribution in [3.05, 3.63) is 34.9 Å². The molecule has 1 aliphatic carbocycles. The highest BCUT2D eigenvalue weighted by molar-refractivity contribution is 5.94. The normalized spacial score (nSPS) is 24.9. The Kier molecular flexibility index (Phi) is 6.25. The summed E-state index contributed by atoms with van der Waals surface area (Å²) in [5.41, 5.74) is 2.94. The van der Waals surface area contributed by atoms with E-state index in [1.54, 1.807) is 0 Å². The summed E-state index contributed by atoms with van der Waals surface area (Å²) in [5, 5.41) is 11.2. The minimum absolute atomic E-state index is 0.180. The number of likely N-dealkylation sites (N-methyl/N-ethyl adjacent to an activating group) is 1. The summed E-state index contributed by atoms with van der Waals surface area (Å²) < 4.78 is 0. The number of hydrogen-bond donors (Lipinski definition) is 1. The van der Waals surface area contributed by atoms with Crippen molar-refractivity contribution in [3.63, 3.8) is 0 Å².